The number of hydrogen-bond donors (Lipinski definition) is 1. The van der Waals surface area contributed by atoms with Crippen molar-refractivity contribution in [2.45, 2.75) is 6.92 Å². The van der Waals surface area contributed by atoms with E-state index in [1.54, 1.807) is 48.5 Å². The van der Waals surface area contributed by atoms with Crippen molar-refractivity contribution in [2.75, 3.05) is 11.9 Å². The molecule has 0 atom stereocenters. The number of anilines is 1. The molecule has 0 spiro atoms. The van der Waals surface area contributed by atoms with Gasteiger partial charge in [0.2, 0.25) is 0 Å². The molecule has 7 heteroatoms. The number of pyridine rings is 1. The summed E-state index contributed by atoms with van der Waals surface area (Å²) in [6, 6.07) is 14.9. The second kappa shape index (κ2) is 7.97. The third-order valence-electron chi connectivity index (χ3n) is 3.79. The minimum Gasteiger partial charge on any atom is -0.452 e. The summed E-state index contributed by atoms with van der Waals surface area (Å²) in [5.41, 5.74) is 1.71. The van der Waals surface area contributed by atoms with Crippen LogP contribution in [0.3, 0.4) is 0 Å². The average molecular weight is 383 g/mol. The Labute approximate surface area is 160 Å². The number of Topliss-reactive ketones (excluding diaryl/α,β-unsaturated/α-hetero) is 1. The highest BCUT2D eigenvalue weighted by molar-refractivity contribution is 6.30. The summed E-state index contributed by atoms with van der Waals surface area (Å²) in [6.45, 7) is 0.963. The van der Waals surface area contributed by atoms with Gasteiger partial charge in [-0.3, -0.25) is 9.59 Å². The number of halogens is 1. The lowest BCUT2D eigenvalue weighted by molar-refractivity contribution is -0.119. The predicted octanol–water partition coefficient (Wildman–Crippen LogP) is 3.89. The molecule has 0 fully saturated rings. The van der Waals surface area contributed by atoms with Gasteiger partial charge in [0.05, 0.1) is 11.1 Å². The van der Waals surface area contributed by atoms with Crippen LogP contribution in [0.1, 0.15) is 27.6 Å². The van der Waals surface area contributed by atoms with E-state index in [4.69, 9.17) is 16.3 Å². The van der Waals surface area contributed by atoms with Crippen molar-refractivity contribution in [3.8, 4) is 0 Å². The molecule has 0 radical (unpaired) electrons. The zero-order valence-corrected chi connectivity index (χ0v) is 15.1. The maximum Gasteiger partial charge on any atom is 0.339 e. The van der Waals surface area contributed by atoms with Crippen LogP contribution in [-0.2, 0) is 9.53 Å². The molecule has 6 nitrogen and oxygen atoms in total. The van der Waals surface area contributed by atoms with Gasteiger partial charge in [-0.05, 0) is 31.2 Å². The number of ketones is 1. The van der Waals surface area contributed by atoms with Crippen molar-refractivity contribution in [2.24, 2.45) is 0 Å². The van der Waals surface area contributed by atoms with Gasteiger partial charge in [0.1, 0.15) is 5.15 Å². The van der Waals surface area contributed by atoms with Crippen LogP contribution in [0.25, 0.3) is 10.9 Å². The Morgan fingerprint density at radius 2 is 1.85 bits per heavy atom. The molecule has 1 aromatic heterocycles. The van der Waals surface area contributed by atoms with Crippen molar-refractivity contribution in [1.29, 1.82) is 0 Å². The van der Waals surface area contributed by atoms with Crippen molar-refractivity contribution in [3.05, 3.63) is 70.9 Å². The SMILES string of the molecule is CC(=O)c1cccc(NC(=O)COC(=O)c2cc(Cl)nc3ccccc23)c1. The first-order valence-electron chi connectivity index (χ1n) is 8.07. The fourth-order valence-electron chi connectivity index (χ4n) is 2.53. The number of esters is 1. The van der Waals surface area contributed by atoms with Crippen molar-refractivity contribution < 1.29 is 19.1 Å². The summed E-state index contributed by atoms with van der Waals surface area (Å²) in [5.74, 6) is -1.31. The van der Waals surface area contributed by atoms with Crippen molar-refractivity contribution in [1.82, 2.24) is 4.98 Å². The van der Waals surface area contributed by atoms with Crippen LogP contribution in [0.15, 0.2) is 54.6 Å². The molecule has 136 valence electrons. The number of nitrogens with zero attached hydrogens (tertiary/aromatic N) is 1. The van der Waals surface area contributed by atoms with Gasteiger partial charge in [-0.2, -0.15) is 0 Å². The minimum atomic E-state index is -0.678. The molecule has 1 heterocycles. The molecule has 0 aliphatic heterocycles. The van der Waals surface area contributed by atoms with E-state index in [0.29, 0.717) is 22.2 Å². The Kier molecular flexibility index (Phi) is 5.47. The van der Waals surface area contributed by atoms with E-state index in [2.05, 4.69) is 10.3 Å². The zero-order chi connectivity index (χ0) is 19.4. The molecule has 0 bridgehead atoms. The third kappa shape index (κ3) is 4.48. The van der Waals surface area contributed by atoms with Crippen LogP contribution < -0.4 is 5.32 Å². The molecule has 0 unspecified atom stereocenters. The third-order valence-corrected chi connectivity index (χ3v) is 3.99. The predicted molar refractivity (Wildman–Crippen MR) is 102 cm³/mol. The number of benzene rings is 2. The average Bonchev–Trinajstić information content (AvgIpc) is 2.65. The lowest BCUT2D eigenvalue weighted by Gasteiger charge is -2.09. The number of amides is 1. The van der Waals surface area contributed by atoms with E-state index >= 15 is 0 Å². The first-order chi connectivity index (χ1) is 12.9. The Morgan fingerprint density at radius 3 is 2.63 bits per heavy atom. The fraction of sp³-hybridized carbons (Fsp3) is 0.100. The molecule has 0 aliphatic carbocycles. The molecule has 3 rings (SSSR count). The number of hydrogen-bond acceptors (Lipinski definition) is 5. The standard InChI is InChI=1S/C20H15ClN2O4/c1-12(24)13-5-4-6-14(9-13)22-19(25)11-27-20(26)16-10-18(21)23-17-8-3-2-7-15(16)17/h2-10H,11H2,1H3,(H,22,25). The van der Waals surface area contributed by atoms with E-state index in [0.717, 1.165) is 0 Å². The summed E-state index contributed by atoms with van der Waals surface area (Å²) in [7, 11) is 0. The molecule has 27 heavy (non-hydrogen) atoms. The second-order valence-corrected chi connectivity index (χ2v) is 6.16. The summed E-state index contributed by atoms with van der Waals surface area (Å²) in [6.07, 6.45) is 0. The van der Waals surface area contributed by atoms with Crippen LogP contribution in [0.4, 0.5) is 5.69 Å². The number of fused-ring (bicyclic) bond motifs is 1. The van der Waals surface area contributed by atoms with Crippen LogP contribution >= 0.6 is 11.6 Å². The van der Waals surface area contributed by atoms with Crippen LogP contribution in [0, 0.1) is 0 Å². The largest absolute Gasteiger partial charge is 0.452 e. The normalized spacial score (nSPS) is 10.4. The first-order valence-corrected chi connectivity index (χ1v) is 8.45. The molecule has 1 N–H and O–H groups in total. The van der Waals surface area contributed by atoms with Gasteiger partial charge in [0, 0.05) is 16.6 Å². The van der Waals surface area contributed by atoms with Gasteiger partial charge in [0.25, 0.3) is 5.91 Å². The summed E-state index contributed by atoms with van der Waals surface area (Å²) in [4.78, 5) is 40.0. The Balaban J connectivity index is 1.68. The Bertz CT molecular complexity index is 1050. The molecule has 0 aliphatic rings. The first kappa shape index (κ1) is 18.5. The maximum atomic E-state index is 12.4. The topological polar surface area (TPSA) is 85.4 Å². The Hall–Kier alpha value is -3.25. The monoisotopic (exact) mass is 382 g/mol. The number of rotatable bonds is 5. The lowest BCUT2D eigenvalue weighted by Crippen LogP contribution is -2.21. The number of carbonyl (C=O) groups excluding carboxylic acids is 3. The smallest absolute Gasteiger partial charge is 0.339 e. The number of carbonyl (C=O) groups is 3. The van der Waals surface area contributed by atoms with Crippen molar-refractivity contribution >= 4 is 45.9 Å². The fourth-order valence-corrected chi connectivity index (χ4v) is 2.73. The van der Waals surface area contributed by atoms with Gasteiger partial charge in [-0.1, -0.05) is 41.9 Å². The van der Waals surface area contributed by atoms with E-state index in [1.807, 2.05) is 0 Å². The van der Waals surface area contributed by atoms with Crippen LogP contribution in [0.2, 0.25) is 5.15 Å². The van der Waals surface area contributed by atoms with Crippen LogP contribution in [0.5, 0.6) is 0 Å². The summed E-state index contributed by atoms with van der Waals surface area (Å²) in [5, 5.41) is 3.33. The van der Waals surface area contributed by atoms with E-state index in [1.165, 1.54) is 13.0 Å². The quantitative estimate of drug-likeness (QED) is 0.411. The molecule has 3 aromatic rings. The lowest BCUT2D eigenvalue weighted by atomic mass is 10.1. The van der Waals surface area contributed by atoms with E-state index in [-0.39, 0.29) is 16.5 Å². The van der Waals surface area contributed by atoms with Gasteiger partial charge < -0.3 is 10.1 Å². The van der Waals surface area contributed by atoms with Crippen molar-refractivity contribution in [3.63, 3.8) is 0 Å². The van der Waals surface area contributed by atoms with Gasteiger partial charge in [0.15, 0.2) is 12.4 Å². The second-order valence-electron chi connectivity index (χ2n) is 5.77. The highest BCUT2D eigenvalue weighted by Crippen LogP contribution is 2.21. The highest BCUT2D eigenvalue weighted by Gasteiger charge is 2.15. The van der Waals surface area contributed by atoms with E-state index in [9.17, 15) is 14.4 Å². The molecular weight excluding hydrogens is 368 g/mol. The molecule has 0 saturated carbocycles. The van der Waals surface area contributed by atoms with Gasteiger partial charge in [-0.25, -0.2) is 9.78 Å². The number of aromatic nitrogens is 1. The highest BCUT2D eigenvalue weighted by atomic mass is 35.5. The summed E-state index contributed by atoms with van der Waals surface area (Å²) < 4.78 is 5.10. The molecule has 2 aromatic carbocycles. The summed E-state index contributed by atoms with van der Waals surface area (Å²) >= 11 is 5.95. The van der Waals surface area contributed by atoms with Gasteiger partial charge in [-0.15, -0.1) is 0 Å². The number of nitrogens with one attached hydrogen (secondary N) is 1. The molecular formula is C20H15ClN2O4. The maximum absolute atomic E-state index is 12.4. The number of para-hydroxylation sites is 1. The van der Waals surface area contributed by atoms with E-state index < -0.39 is 18.5 Å². The molecule has 0 saturated heterocycles. The number of ether oxygens (including phenoxy) is 1. The zero-order valence-electron chi connectivity index (χ0n) is 14.4. The van der Waals surface area contributed by atoms with Gasteiger partial charge >= 0.3 is 5.97 Å². The minimum absolute atomic E-state index is 0.112. The van der Waals surface area contributed by atoms with Crippen LogP contribution in [-0.4, -0.2) is 29.3 Å². The Morgan fingerprint density at radius 1 is 1.07 bits per heavy atom. The molecule has 1 amide bonds.